The zero-order valence-corrected chi connectivity index (χ0v) is 26.7. The van der Waals surface area contributed by atoms with Gasteiger partial charge in [-0.3, -0.25) is 29.0 Å². The van der Waals surface area contributed by atoms with Gasteiger partial charge >= 0.3 is 29.8 Å². The number of carbonyl (C=O) groups is 5. The molecule has 19 heteroatoms. The average molecular weight is 694 g/mol. The van der Waals surface area contributed by atoms with Gasteiger partial charge in [-0.05, 0) is 36.5 Å². The molecule has 0 radical (unpaired) electrons. The van der Waals surface area contributed by atoms with Crippen LogP contribution in [0.2, 0.25) is 0 Å². The summed E-state index contributed by atoms with van der Waals surface area (Å²) >= 11 is 0. The number of aromatic amines is 1. The van der Waals surface area contributed by atoms with Gasteiger partial charge in [-0.2, -0.15) is 0 Å². The van der Waals surface area contributed by atoms with Crippen LogP contribution in [0, 0.1) is 0 Å². The minimum Gasteiger partial charge on any atom is -0.480 e. The van der Waals surface area contributed by atoms with Gasteiger partial charge in [0.1, 0.15) is 18.1 Å². The molecule has 49 heavy (non-hydrogen) atoms. The Balaban J connectivity index is 0. The predicted molar refractivity (Wildman–Crippen MR) is 182 cm³/mol. The van der Waals surface area contributed by atoms with Gasteiger partial charge in [-0.1, -0.05) is 48.5 Å². The molecule has 0 bridgehead atoms. The first-order chi connectivity index (χ1) is 23.0. The first-order valence-corrected chi connectivity index (χ1v) is 14.4. The number of carboxylic acids is 5. The molecule has 1 aromatic heterocycles. The molecule has 272 valence electrons. The number of rotatable bonds is 13. The van der Waals surface area contributed by atoms with E-state index in [9.17, 15) is 24.0 Å². The summed E-state index contributed by atoms with van der Waals surface area (Å²) < 4.78 is 0. The van der Waals surface area contributed by atoms with E-state index in [1.165, 1.54) is 0 Å². The SMILES string of the molecule is NC(Cc1c[nH]c2ccccc12)C(=O)O.NC(Cc1ccccc1)C(=O)O.NC(N)=NCCCC(N)C(=O)O.NCC(=O)O.NCC(=O)O. The van der Waals surface area contributed by atoms with Crippen LogP contribution in [0.5, 0.6) is 0 Å². The molecule has 3 aromatic rings. The van der Waals surface area contributed by atoms with Crippen molar-refractivity contribution in [3.05, 3.63) is 71.9 Å². The standard InChI is InChI=1S/C11H12N2O2.C9H11NO2.C6H14N4O2.2C2H5NO2/c12-9(11(14)15)5-7-6-13-10-4-2-1-3-8(7)10;10-8(9(11)12)6-7-4-2-1-3-5-7;7-4(5(11)12)2-1-3-10-6(8)9;2*3-1-2(4)5/h1-4,6,9,13H,5,12H2,(H,14,15);1-5,8H,6,10H2,(H,11,12);4H,1-3,7H2,(H,11,12)(H4,8,9,10);2*1,3H2,(H,4,5). The van der Waals surface area contributed by atoms with Crippen LogP contribution in [0.4, 0.5) is 0 Å². The fourth-order valence-electron chi connectivity index (χ4n) is 3.22. The molecule has 0 aliphatic rings. The van der Waals surface area contributed by atoms with Crippen LogP contribution in [-0.4, -0.2) is 104 Å². The summed E-state index contributed by atoms with van der Waals surface area (Å²) in [4.78, 5) is 56.5. The van der Waals surface area contributed by atoms with Crippen molar-refractivity contribution < 1.29 is 49.5 Å². The summed E-state index contributed by atoms with van der Waals surface area (Å²) in [5.41, 5.74) is 38.2. The van der Waals surface area contributed by atoms with E-state index < -0.39 is 48.0 Å². The van der Waals surface area contributed by atoms with Crippen molar-refractivity contribution >= 4 is 46.7 Å². The molecule has 3 rings (SSSR count). The van der Waals surface area contributed by atoms with Crippen LogP contribution in [0.15, 0.2) is 65.8 Å². The molecule has 0 saturated heterocycles. The minimum atomic E-state index is -1.00. The van der Waals surface area contributed by atoms with Crippen molar-refractivity contribution in [3.8, 4) is 0 Å². The van der Waals surface area contributed by atoms with Crippen molar-refractivity contribution in [2.24, 2.45) is 45.1 Å². The minimum absolute atomic E-state index is 0.0129. The van der Waals surface area contributed by atoms with E-state index in [2.05, 4.69) is 21.4 Å². The van der Waals surface area contributed by atoms with E-state index in [0.717, 1.165) is 22.0 Å². The van der Waals surface area contributed by atoms with Gasteiger partial charge in [0.2, 0.25) is 0 Å². The number of aliphatic carboxylic acids is 5. The summed E-state index contributed by atoms with van der Waals surface area (Å²) in [6, 6.07) is 14.6. The zero-order chi connectivity index (χ0) is 37.9. The summed E-state index contributed by atoms with van der Waals surface area (Å²) in [7, 11) is 0. The number of hydrogen-bond donors (Lipinski definition) is 13. The topological polar surface area (TPSA) is 397 Å². The highest BCUT2D eigenvalue weighted by atomic mass is 16.4. The number of carboxylic acid groups (broad SMARTS) is 5. The summed E-state index contributed by atoms with van der Waals surface area (Å²) in [6.45, 7) is -0.136. The van der Waals surface area contributed by atoms with Gasteiger partial charge in [0, 0.05) is 30.1 Å². The molecule has 3 unspecified atom stereocenters. The second-order valence-corrected chi connectivity index (χ2v) is 9.73. The molecule has 19 nitrogen and oxygen atoms in total. The number of nitrogens with one attached hydrogen (secondary N) is 1. The van der Waals surface area contributed by atoms with Crippen molar-refractivity contribution in [1.82, 2.24) is 4.98 Å². The number of aromatic nitrogens is 1. The Morgan fingerprint density at radius 3 is 1.57 bits per heavy atom. The molecule has 0 fully saturated rings. The highest BCUT2D eigenvalue weighted by Gasteiger charge is 2.14. The molecule has 20 N–H and O–H groups in total. The monoisotopic (exact) mass is 693 g/mol. The maximum atomic E-state index is 10.6. The number of nitrogens with zero attached hydrogens (tertiary/aromatic N) is 1. The Kier molecular flexibility index (Phi) is 24.6. The summed E-state index contributed by atoms with van der Waals surface area (Å²) in [5, 5.41) is 41.8. The number of H-pyrrole nitrogens is 1. The number of hydrogen-bond acceptors (Lipinski definition) is 11. The van der Waals surface area contributed by atoms with Crippen LogP contribution < -0.4 is 40.1 Å². The Bertz CT molecular complexity index is 1430. The van der Waals surface area contributed by atoms with Gasteiger partial charge in [0.15, 0.2) is 5.96 Å². The van der Waals surface area contributed by atoms with E-state index in [1.807, 2.05) is 60.8 Å². The van der Waals surface area contributed by atoms with Crippen molar-refractivity contribution in [2.45, 2.75) is 43.8 Å². The van der Waals surface area contributed by atoms with E-state index in [1.54, 1.807) is 0 Å². The Morgan fingerprint density at radius 2 is 1.12 bits per heavy atom. The zero-order valence-electron chi connectivity index (χ0n) is 26.7. The molecule has 0 aliphatic heterocycles. The fourth-order valence-corrected chi connectivity index (χ4v) is 3.22. The molecular weight excluding hydrogens is 646 g/mol. The second kappa shape index (κ2) is 26.5. The van der Waals surface area contributed by atoms with Crippen LogP contribution in [0.25, 0.3) is 10.9 Å². The molecule has 2 aromatic carbocycles. The third-order valence-electron chi connectivity index (χ3n) is 5.68. The largest absolute Gasteiger partial charge is 0.480 e. The van der Waals surface area contributed by atoms with E-state index in [4.69, 9.17) is 54.2 Å². The lowest BCUT2D eigenvalue weighted by atomic mass is 10.1. The van der Waals surface area contributed by atoms with Crippen molar-refractivity contribution in [2.75, 3.05) is 19.6 Å². The summed E-state index contributed by atoms with van der Waals surface area (Å²) in [5.74, 6) is -4.85. The molecule has 1 heterocycles. The van der Waals surface area contributed by atoms with Crippen LogP contribution in [-0.2, 0) is 36.8 Å². The maximum absolute atomic E-state index is 10.6. The Hall–Kier alpha value is -5.60. The molecular formula is C30H47N9O10. The predicted octanol–water partition coefficient (Wildman–Crippen LogP) is -1.73. The lowest BCUT2D eigenvalue weighted by Gasteiger charge is -2.04. The number of aliphatic imine (C=N–C) groups is 1. The smallest absolute Gasteiger partial charge is 0.320 e. The van der Waals surface area contributed by atoms with E-state index in [0.29, 0.717) is 32.2 Å². The molecule has 0 aliphatic carbocycles. The second-order valence-electron chi connectivity index (χ2n) is 9.73. The summed E-state index contributed by atoms with van der Waals surface area (Å²) in [6.07, 6.45) is 3.50. The van der Waals surface area contributed by atoms with Gasteiger partial charge < -0.3 is 70.7 Å². The van der Waals surface area contributed by atoms with Gasteiger partial charge in [-0.15, -0.1) is 0 Å². The quantitative estimate of drug-likeness (QED) is 0.0537. The number of fused-ring (bicyclic) bond motifs is 1. The number of guanidine groups is 1. The molecule has 0 saturated carbocycles. The highest BCUT2D eigenvalue weighted by Crippen LogP contribution is 2.18. The first-order valence-electron chi connectivity index (χ1n) is 14.4. The normalized spacial score (nSPS) is 11.4. The maximum Gasteiger partial charge on any atom is 0.320 e. The fraction of sp³-hybridized carbons (Fsp3) is 0.333. The highest BCUT2D eigenvalue weighted by molar-refractivity contribution is 5.84. The molecule has 3 atom stereocenters. The Morgan fingerprint density at radius 1 is 0.673 bits per heavy atom. The van der Waals surface area contributed by atoms with Crippen LogP contribution in [0.1, 0.15) is 24.0 Å². The number of benzene rings is 2. The lowest BCUT2D eigenvalue weighted by molar-refractivity contribution is -0.139. The average Bonchev–Trinajstić information content (AvgIpc) is 3.46. The van der Waals surface area contributed by atoms with Gasteiger partial charge in [-0.25, -0.2) is 0 Å². The third kappa shape index (κ3) is 24.3. The molecule has 0 spiro atoms. The number of para-hydroxylation sites is 1. The lowest BCUT2D eigenvalue weighted by Crippen LogP contribution is -2.32. The first kappa shape index (κ1) is 45.5. The third-order valence-corrected chi connectivity index (χ3v) is 5.68. The van der Waals surface area contributed by atoms with Gasteiger partial charge in [0.05, 0.1) is 13.1 Å². The van der Waals surface area contributed by atoms with Crippen molar-refractivity contribution in [3.63, 3.8) is 0 Å². The number of nitrogens with two attached hydrogens (primary N) is 7. The van der Waals surface area contributed by atoms with Gasteiger partial charge in [0.25, 0.3) is 0 Å². The van der Waals surface area contributed by atoms with E-state index >= 15 is 0 Å². The molecule has 0 amide bonds. The van der Waals surface area contributed by atoms with Crippen LogP contribution >= 0.6 is 0 Å². The van der Waals surface area contributed by atoms with Crippen LogP contribution in [0.3, 0.4) is 0 Å². The van der Waals surface area contributed by atoms with E-state index in [-0.39, 0.29) is 19.0 Å². The van der Waals surface area contributed by atoms with Crippen molar-refractivity contribution in [1.29, 1.82) is 0 Å². The Labute approximate surface area is 281 Å².